The molecular formula is C30H23F2N3O4S. The summed E-state index contributed by atoms with van der Waals surface area (Å²) in [5, 5.41) is 12.6. The zero-order valence-electron chi connectivity index (χ0n) is 21.1. The minimum absolute atomic E-state index is 0.147. The Morgan fingerprint density at radius 2 is 1.77 bits per heavy atom. The van der Waals surface area contributed by atoms with Gasteiger partial charge in [0.1, 0.15) is 6.17 Å². The molecule has 1 amide bonds. The zero-order chi connectivity index (χ0) is 27.5. The molecule has 1 N–H and O–H groups in total. The first-order chi connectivity index (χ1) is 19.5. The van der Waals surface area contributed by atoms with Gasteiger partial charge in [0.25, 0.3) is 5.91 Å². The molecular weight excluding hydrogens is 536 g/mol. The van der Waals surface area contributed by atoms with E-state index in [1.165, 1.54) is 28.7 Å². The summed E-state index contributed by atoms with van der Waals surface area (Å²) >= 11 is 1.43. The summed E-state index contributed by atoms with van der Waals surface area (Å²) in [7, 11) is 0. The van der Waals surface area contributed by atoms with E-state index in [1.54, 1.807) is 11.0 Å². The average Bonchev–Trinajstić information content (AvgIpc) is 3.15. The van der Waals surface area contributed by atoms with Gasteiger partial charge < -0.3 is 14.7 Å². The molecule has 1 fully saturated rings. The largest absolute Gasteiger partial charge is 0.502 e. The van der Waals surface area contributed by atoms with Gasteiger partial charge in [-0.25, -0.2) is 8.78 Å². The maximum atomic E-state index is 15.5. The van der Waals surface area contributed by atoms with E-state index in [1.807, 2.05) is 53.5 Å². The van der Waals surface area contributed by atoms with Crippen molar-refractivity contribution in [2.45, 2.75) is 22.9 Å². The molecule has 0 aliphatic carbocycles. The van der Waals surface area contributed by atoms with Gasteiger partial charge in [0.15, 0.2) is 23.1 Å². The lowest BCUT2D eigenvalue weighted by Crippen LogP contribution is -2.66. The fourth-order valence-electron chi connectivity index (χ4n) is 5.92. The maximum absolute atomic E-state index is 15.5. The molecule has 10 heteroatoms. The number of aromatic hydroxyl groups is 1. The molecule has 0 radical (unpaired) electrons. The van der Waals surface area contributed by atoms with Crippen molar-refractivity contribution in [3.63, 3.8) is 0 Å². The van der Waals surface area contributed by atoms with Crippen molar-refractivity contribution in [1.29, 1.82) is 0 Å². The molecule has 1 aromatic heterocycles. The topological polar surface area (TPSA) is 75.0 Å². The van der Waals surface area contributed by atoms with Crippen molar-refractivity contribution in [2.24, 2.45) is 0 Å². The Hall–Kier alpha value is -4.15. The number of pyridine rings is 1. The van der Waals surface area contributed by atoms with Crippen LogP contribution in [0.25, 0.3) is 11.1 Å². The first kappa shape index (κ1) is 24.9. The molecule has 202 valence electrons. The highest BCUT2D eigenvalue weighted by Gasteiger charge is 2.46. The second-order valence-electron chi connectivity index (χ2n) is 9.87. The van der Waals surface area contributed by atoms with E-state index in [0.29, 0.717) is 12.2 Å². The van der Waals surface area contributed by atoms with Crippen molar-refractivity contribution in [1.82, 2.24) is 9.58 Å². The first-order valence-corrected chi connectivity index (χ1v) is 13.8. The van der Waals surface area contributed by atoms with Crippen LogP contribution < -0.4 is 10.4 Å². The first-order valence-electron chi connectivity index (χ1n) is 12.9. The molecule has 7 nitrogen and oxygen atoms in total. The van der Waals surface area contributed by atoms with Crippen LogP contribution in [-0.4, -0.2) is 46.5 Å². The highest BCUT2D eigenvalue weighted by atomic mass is 32.2. The molecule has 3 aliphatic heterocycles. The molecule has 1 unspecified atom stereocenters. The van der Waals surface area contributed by atoms with Gasteiger partial charge in [-0.15, -0.1) is 11.8 Å². The van der Waals surface area contributed by atoms with Gasteiger partial charge in [-0.3, -0.25) is 19.3 Å². The number of benzene rings is 3. The van der Waals surface area contributed by atoms with Crippen LogP contribution in [0.5, 0.6) is 5.75 Å². The molecule has 3 aliphatic rings. The van der Waals surface area contributed by atoms with Crippen LogP contribution in [0, 0.1) is 11.6 Å². The van der Waals surface area contributed by atoms with Crippen LogP contribution in [0.3, 0.4) is 0 Å². The number of morpholine rings is 1. The Labute approximate surface area is 232 Å². The number of halogens is 2. The number of ether oxygens (including phenoxy) is 1. The Morgan fingerprint density at radius 1 is 0.950 bits per heavy atom. The van der Waals surface area contributed by atoms with Gasteiger partial charge in [-0.05, 0) is 28.3 Å². The lowest BCUT2D eigenvalue weighted by molar-refractivity contribution is -0.0197. The van der Waals surface area contributed by atoms with Gasteiger partial charge in [0.05, 0.1) is 19.3 Å². The number of thioether (sulfide) groups is 1. The Balaban J connectivity index is 1.55. The van der Waals surface area contributed by atoms with Gasteiger partial charge in [-0.1, -0.05) is 54.6 Å². The van der Waals surface area contributed by atoms with Crippen molar-refractivity contribution in [2.75, 3.05) is 24.8 Å². The molecule has 2 atom stereocenters. The molecule has 40 heavy (non-hydrogen) atoms. The number of hydrogen-bond acceptors (Lipinski definition) is 6. The van der Waals surface area contributed by atoms with E-state index in [-0.39, 0.29) is 30.2 Å². The Kier molecular flexibility index (Phi) is 5.90. The van der Waals surface area contributed by atoms with Crippen LogP contribution in [0.15, 0.2) is 82.6 Å². The van der Waals surface area contributed by atoms with Crippen LogP contribution in [0.1, 0.15) is 33.2 Å². The molecule has 0 bridgehead atoms. The number of aromatic nitrogens is 1. The third kappa shape index (κ3) is 3.66. The summed E-state index contributed by atoms with van der Waals surface area (Å²) in [5.74, 6) is -2.82. The Morgan fingerprint density at radius 3 is 2.60 bits per heavy atom. The summed E-state index contributed by atoms with van der Waals surface area (Å²) < 4.78 is 37.3. The summed E-state index contributed by atoms with van der Waals surface area (Å²) in [6.07, 6.45) is 0.803. The highest BCUT2D eigenvalue weighted by Crippen LogP contribution is 2.48. The van der Waals surface area contributed by atoms with Crippen LogP contribution in [0.4, 0.5) is 8.78 Å². The molecule has 3 aromatic carbocycles. The smallest absolute Gasteiger partial charge is 0.278 e. The SMILES string of the molecule is O=C1c2c(O)c(=O)ccn2N(C2c3ccc(F)c(F)c3CSc3c(-c4ccccc4)cccc32)[C@H]2COCCN12. The molecule has 0 saturated carbocycles. The lowest BCUT2D eigenvalue weighted by Gasteiger charge is -2.51. The highest BCUT2D eigenvalue weighted by molar-refractivity contribution is 7.98. The van der Waals surface area contributed by atoms with E-state index in [0.717, 1.165) is 27.7 Å². The van der Waals surface area contributed by atoms with E-state index in [9.17, 15) is 19.1 Å². The second-order valence-corrected chi connectivity index (χ2v) is 10.9. The minimum Gasteiger partial charge on any atom is -0.502 e. The van der Waals surface area contributed by atoms with Crippen LogP contribution in [-0.2, 0) is 10.5 Å². The number of carbonyl (C=O) groups excluding carboxylic acids is 1. The van der Waals surface area contributed by atoms with Crippen molar-refractivity contribution in [3.8, 4) is 16.9 Å². The van der Waals surface area contributed by atoms with Gasteiger partial charge >= 0.3 is 0 Å². The standard InChI is InChI=1S/C30H23F2N3O4S/c31-22-10-9-19-21(25(22)32)16-40-29-18(17-5-2-1-3-6-17)7-4-8-20(29)26(19)35-24-15-39-14-13-33(24)30(38)27-28(37)23(36)11-12-34(27)35/h1-12,24,26,37H,13-16H2/t24-,26?/m0/s1. The van der Waals surface area contributed by atoms with Gasteiger partial charge in [0, 0.05) is 35.0 Å². The predicted octanol–water partition coefficient (Wildman–Crippen LogP) is 4.64. The zero-order valence-corrected chi connectivity index (χ0v) is 21.9. The van der Waals surface area contributed by atoms with Gasteiger partial charge in [0.2, 0.25) is 5.43 Å². The number of hydrogen-bond donors (Lipinski definition) is 1. The molecule has 7 rings (SSSR count). The summed E-state index contributed by atoms with van der Waals surface area (Å²) in [6, 6.07) is 18.9. The fourth-order valence-corrected chi connectivity index (χ4v) is 7.18. The van der Waals surface area contributed by atoms with Crippen LogP contribution >= 0.6 is 11.8 Å². The third-order valence-corrected chi connectivity index (χ3v) is 8.93. The minimum atomic E-state index is -0.939. The summed E-state index contributed by atoms with van der Waals surface area (Å²) in [6.45, 7) is 0.680. The number of nitrogens with zero attached hydrogens (tertiary/aromatic N) is 3. The molecule has 0 spiro atoms. The molecule has 1 saturated heterocycles. The second kappa shape index (κ2) is 9.50. The summed E-state index contributed by atoms with van der Waals surface area (Å²) in [4.78, 5) is 28.5. The van der Waals surface area contributed by atoms with Crippen LogP contribution in [0.2, 0.25) is 0 Å². The van der Waals surface area contributed by atoms with E-state index < -0.39 is 40.9 Å². The Bertz CT molecular complexity index is 1730. The average molecular weight is 560 g/mol. The fraction of sp³-hybridized carbons (Fsp3) is 0.200. The summed E-state index contributed by atoms with van der Waals surface area (Å²) in [5.41, 5.74) is 2.63. The molecule has 4 heterocycles. The van der Waals surface area contributed by atoms with Crippen molar-refractivity contribution < 1.29 is 23.4 Å². The van der Waals surface area contributed by atoms with Crippen molar-refractivity contribution >= 4 is 17.7 Å². The van der Waals surface area contributed by atoms with E-state index in [4.69, 9.17) is 4.74 Å². The van der Waals surface area contributed by atoms with Crippen molar-refractivity contribution in [3.05, 3.63) is 117 Å². The monoisotopic (exact) mass is 559 g/mol. The normalized spacial score (nSPS) is 19.8. The lowest BCUT2D eigenvalue weighted by atomic mass is 9.91. The number of carbonyl (C=O) groups is 1. The quantitative estimate of drug-likeness (QED) is 0.386. The third-order valence-electron chi connectivity index (χ3n) is 7.75. The number of amides is 1. The van der Waals surface area contributed by atoms with E-state index in [2.05, 4.69) is 0 Å². The maximum Gasteiger partial charge on any atom is 0.278 e. The number of rotatable bonds is 2. The van der Waals surface area contributed by atoms with E-state index >= 15 is 4.39 Å². The predicted molar refractivity (Wildman–Crippen MR) is 146 cm³/mol. The number of fused-ring (bicyclic) bond motifs is 4. The molecule has 4 aromatic rings. The van der Waals surface area contributed by atoms with Gasteiger partial charge in [-0.2, -0.15) is 0 Å².